The molecule has 0 radical (unpaired) electrons. The zero-order valence-electron chi connectivity index (χ0n) is 10.3. The van der Waals surface area contributed by atoms with Crippen LogP contribution in [0.15, 0.2) is 17.5 Å². The van der Waals surface area contributed by atoms with Gasteiger partial charge in [0.15, 0.2) is 0 Å². The van der Waals surface area contributed by atoms with Crippen LogP contribution in [-0.4, -0.2) is 18.0 Å². The smallest absolute Gasteiger partial charge is 0.234 e. The van der Waals surface area contributed by atoms with Crippen molar-refractivity contribution in [3.63, 3.8) is 0 Å². The Morgan fingerprint density at radius 1 is 1.50 bits per heavy atom. The van der Waals surface area contributed by atoms with E-state index < -0.39 is 0 Å². The van der Waals surface area contributed by atoms with E-state index in [1.807, 2.05) is 45.2 Å². The van der Waals surface area contributed by atoms with Gasteiger partial charge < -0.3 is 10.6 Å². The number of carbonyl (C=O) groups excluding carboxylic acids is 1. The number of hydrogen-bond donors (Lipinski definition) is 2. The highest BCUT2D eigenvalue weighted by molar-refractivity contribution is 7.10. The van der Waals surface area contributed by atoms with Gasteiger partial charge in [0.2, 0.25) is 5.91 Å². The van der Waals surface area contributed by atoms with Crippen molar-refractivity contribution in [2.45, 2.75) is 39.3 Å². The van der Waals surface area contributed by atoms with Crippen LogP contribution in [0, 0.1) is 0 Å². The van der Waals surface area contributed by atoms with Gasteiger partial charge in [-0.2, -0.15) is 0 Å². The lowest BCUT2D eigenvalue weighted by Gasteiger charge is -2.21. The van der Waals surface area contributed by atoms with Crippen LogP contribution >= 0.6 is 11.3 Å². The Kier molecular flexibility index (Phi) is 4.50. The predicted molar refractivity (Wildman–Crippen MR) is 68.6 cm³/mol. The second-order valence-corrected chi connectivity index (χ2v) is 5.89. The number of nitrogens with one attached hydrogen (secondary N) is 2. The maximum Gasteiger partial charge on any atom is 0.234 e. The molecule has 1 aromatic heterocycles. The van der Waals surface area contributed by atoms with Crippen molar-refractivity contribution < 1.29 is 4.79 Å². The van der Waals surface area contributed by atoms with E-state index in [1.165, 1.54) is 4.88 Å². The van der Waals surface area contributed by atoms with Gasteiger partial charge in [0.05, 0.1) is 12.6 Å². The molecule has 0 saturated carbocycles. The Morgan fingerprint density at radius 3 is 2.69 bits per heavy atom. The average molecular weight is 240 g/mol. The van der Waals surface area contributed by atoms with Gasteiger partial charge in [-0.05, 0) is 39.1 Å². The normalized spacial score (nSPS) is 13.5. The first kappa shape index (κ1) is 13.2. The third-order valence-corrected chi connectivity index (χ3v) is 3.18. The van der Waals surface area contributed by atoms with Gasteiger partial charge in [-0.25, -0.2) is 0 Å². The molecule has 0 unspecified atom stereocenters. The number of amides is 1. The molecule has 1 amide bonds. The second kappa shape index (κ2) is 5.46. The Bertz CT molecular complexity index is 327. The average Bonchev–Trinajstić information content (AvgIpc) is 2.66. The first-order valence-corrected chi connectivity index (χ1v) is 6.34. The zero-order valence-corrected chi connectivity index (χ0v) is 11.1. The van der Waals surface area contributed by atoms with Crippen molar-refractivity contribution in [3.05, 3.63) is 22.4 Å². The van der Waals surface area contributed by atoms with Crippen LogP contribution in [0.2, 0.25) is 0 Å². The zero-order chi connectivity index (χ0) is 12.2. The molecule has 0 aliphatic heterocycles. The summed E-state index contributed by atoms with van der Waals surface area (Å²) in [5.74, 6) is 0.0378. The summed E-state index contributed by atoms with van der Waals surface area (Å²) in [6.45, 7) is 8.50. The van der Waals surface area contributed by atoms with E-state index in [9.17, 15) is 4.79 Å². The molecule has 4 heteroatoms. The highest BCUT2D eigenvalue weighted by atomic mass is 32.1. The fraction of sp³-hybridized carbons (Fsp3) is 0.583. The number of carbonyl (C=O) groups is 1. The summed E-state index contributed by atoms with van der Waals surface area (Å²) >= 11 is 1.66. The van der Waals surface area contributed by atoms with Crippen molar-refractivity contribution >= 4 is 17.2 Å². The predicted octanol–water partition coefficient (Wildman–Crippen LogP) is 2.31. The van der Waals surface area contributed by atoms with Crippen LogP contribution < -0.4 is 10.6 Å². The molecular weight excluding hydrogens is 220 g/mol. The van der Waals surface area contributed by atoms with E-state index in [0.717, 1.165) is 0 Å². The quantitative estimate of drug-likeness (QED) is 0.848. The SMILES string of the molecule is C[C@H](NC(=O)CNC(C)(C)C)c1cccs1. The summed E-state index contributed by atoms with van der Waals surface area (Å²) in [4.78, 5) is 12.8. The minimum absolute atomic E-state index is 0.0243. The monoisotopic (exact) mass is 240 g/mol. The van der Waals surface area contributed by atoms with Crippen LogP contribution in [0.4, 0.5) is 0 Å². The van der Waals surface area contributed by atoms with Gasteiger partial charge in [-0.3, -0.25) is 4.79 Å². The molecule has 0 saturated heterocycles. The van der Waals surface area contributed by atoms with Crippen molar-refractivity contribution in [3.8, 4) is 0 Å². The standard InChI is InChI=1S/C12H20N2OS/c1-9(10-6-5-7-16-10)14-11(15)8-13-12(2,3)4/h5-7,9,13H,8H2,1-4H3,(H,14,15)/t9-/m0/s1. The summed E-state index contributed by atoms with van der Waals surface area (Å²) in [6, 6.07) is 4.12. The third-order valence-electron chi connectivity index (χ3n) is 2.13. The Labute approximate surface area is 101 Å². The topological polar surface area (TPSA) is 41.1 Å². The Balaban J connectivity index is 2.35. The molecule has 1 aromatic rings. The fourth-order valence-corrected chi connectivity index (χ4v) is 1.98. The summed E-state index contributed by atoms with van der Waals surface area (Å²) < 4.78 is 0. The minimum atomic E-state index is -0.0243. The maximum atomic E-state index is 11.6. The van der Waals surface area contributed by atoms with Crippen LogP contribution in [0.1, 0.15) is 38.6 Å². The lowest BCUT2D eigenvalue weighted by atomic mass is 10.1. The first-order valence-electron chi connectivity index (χ1n) is 5.46. The molecule has 0 aliphatic rings. The van der Waals surface area contributed by atoms with Crippen LogP contribution in [0.5, 0.6) is 0 Å². The summed E-state index contributed by atoms with van der Waals surface area (Å²) in [6.07, 6.45) is 0. The van der Waals surface area contributed by atoms with E-state index >= 15 is 0 Å². The fourth-order valence-electron chi connectivity index (χ4n) is 1.25. The van der Waals surface area contributed by atoms with Gasteiger partial charge in [0.1, 0.15) is 0 Å². The third kappa shape index (κ3) is 4.77. The minimum Gasteiger partial charge on any atom is -0.348 e. The van der Waals surface area contributed by atoms with Crippen LogP contribution in [0.25, 0.3) is 0 Å². The summed E-state index contributed by atoms with van der Waals surface area (Å²) in [5.41, 5.74) is -0.0243. The lowest BCUT2D eigenvalue weighted by molar-refractivity contribution is -0.121. The van der Waals surface area contributed by atoms with Crippen LogP contribution in [-0.2, 0) is 4.79 Å². The maximum absolute atomic E-state index is 11.6. The first-order chi connectivity index (χ1) is 7.38. The summed E-state index contributed by atoms with van der Waals surface area (Å²) in [7, 11) is 0. The second-order valence-electron chi connectivity index (χ2n) is 4.91. The van der Waals surface area contributed by atoms with Gasteiger partial charge in [-0.1, -0.05) is 6.07 Å². The molecule has 90 valence electrons. The van der Waals surface area contributed by atoms with E-state index in [0.29, 0.717) is 6.54 Å². The molecular formula is C12H20N2OS. The van der Waals surface area contributed by atoms with Gasteiger partial charge in [0.25, 0.3) is 0 Å². The number of hydrogen-bond acceptors (Lipinski definition) is 3. The van der Waals surface area contributed by atoms with Crippen molar-refractivity contribution in [1.82, 2.24) is 10.6 Å². The molecule has 0 fully saturated rings. The van der Waals surface area contributed by atoms with Crippen molar-refractivity contribution in [2.75, 3.05) is 6.54 Å². The highest BCUT2D eigenvalue weighted by Gasteiger charge is 2.13. The Morgan fingerprint density at radius 2 is 2.19 bits per heavy atom. The summed E-state index contributed by atoms with van der Waals surface area (Å²) in [5, 5.41) is 8.15. The van der Waals surface area contributed by atoms with Crippen molar-refractivity contribution in [1.29, 1.82) is 0 Å². The van der Waals surface area contributed by atoms with Crippen molar-refractivity contribution in [2.24, 2.45) is 0 Å². The van der Waals surface area contributed by atoms with Crippen LogP contribution in [0.3, 0.4) is 0 Å². The van der Waals surface area contributed by atoms with Gasteiger partial charge in [-0.15, -0.1) is 11.3 Å². The van der Waals surface area contributed by atoms with E-state index in [2.05, 4.69) is 10.6 Å². The highest BCUT2D eigenvalue weighted by Crippen LogP contribution is 2.17. The number of thiophene rings is 1. The molecule has 0 aliphatic carbocycles. The molecule has 3 nitrogen and oxygen atoms in total. The molecule has 1 atom stereocenters. The van der Waals surface area contributed by atoms with E-state index in [1.54, 1.807) is 11.3 Å². The van der Waals surface area contributed by atoms with E-state index in [4.69, 9.17) is 0 Å². The molecule has 16 heavy (non-hydrogen) atoms. The molecule has 0 spiro atoms. The van der Waals surface area contributed by atoms with Gasteiger partial charge >= 0.3 is 0 Å². The molecule has 2 N–H and O–H groups in total. The largest absolute Gasteiger partial charge is 0.348 e. The number of rotatable bonds is 4. The Hall–Kier alpha value is -0.870. The molecule has 1 rings (SSSR count). The molecule has 1 heterocycles. The molecule has 0 bridgehead atoms. The lowest BCUT2D eigenvalue weighted by Crippen LogP contribution is -2.43. The van der Waals surface area contributed by atoms with Gasteiger partial charge in [0, 0.05) is 10.4 Å². The molecule has 0 aromatic carbocycles. The van der Waals surface area contributed by atoms with E-state index in [-0.39, 0.29) is 17.5 Å².